The number of esters is 3. The van der Waals surface area contributed by atoms with Crippen molar-refractivity contribution in [3.05, 3.63) is 85.1 Å². The number of hydrogen-bond acceptors (Lipinski definition) is 6. The van der Waals surface area contributed by atoms with Crippen LogP contribution in [0.2, 0.25) is 0 Å². The quantitative estimate of drug-likeness (QED) is 0.0264. The molecule has 0 bridgehead atoms. The molecule has 0 aromatic rings. The van der Waals surface area contributed by atoms with Gasteiger partial charge in [-0.2, -0.15) is 0 Å². The van der Waals surface area contributed by atoms with E-state index in [1.165, 1.54) is 96.3 Å². The van der Waals surface area contributed by atoms with Crippen molar-refractivity contribution < 1.29 is 28.6 Å². The smallest absolute Gasteiger partial charge is 0.310 e. The molecular formula is C53H88O6. The second kappa shape index (κ2) is 47.3. The van der Waals surface area contributed by atoms with Crippen LogP contribution in [0.4, 0.5) is 0 Å². The minimum absolute atomic E-state index is 0.0959. The van der Waals surface area contributed by atoms with E-state index in [-0.39, 0.29) is 31.6 Å². The van der Waals surface area contributed by atoms with E-state index < -0.39 is 12.1 Å². The summed E-state index contributed by atoms with van der Waals surface area (Å²) in [4.78, 5) is 37.6. The Morgan fingerprint density at radius 1 is 0.373 bits per heavy atom. The first-order valence-electron chi connectivity index (χ1n) is 24.1. The molecule has 1 unspecified atom stereocenters. The summed E-state index contributed by atoms with van der Waals surface area (Å²) in [6.07, 6.45) is 60.3. The molecule has 0 fully saturated rings. The first-order chi connectivity index (χ1) is 29.0. The van der Waals surface area contributed by atoms with Gasteiger partial charge in [0, 0.05) is 12.8 Å². The summed E-state index contributed by atoms with van der Waals surface area (Å²) in [5.41, 5.74) is 0. The van der Waals surface area contributed by atoms with Gasteiger partial charge in [-0.15, -0.1) is 0 Å². The normalized spacial score (nSPS) is 12.8. The lowest BCUT2D eigenvalue weighted by atomic mass is 10.1. The highest BCUT2D eigenvalue weighted by Gasteiger charge is 2.19. The minimum atomic E-state index is -0.828. The summed E-state index contributed by atoms with van der Waals surface area (Å²) in [5, 5.41) is 0. The standard InChI is InChI=1S/C53H88O6/c1-4-7-10-13-16-18-20-22-24-25-26-27-29-30-32-34-37-40-43-46-52(55)58-49-50(48-57-51(54)45-42-39-36-15-12-9-6-3)59-53(56)47-44-41-38-35-33-31-28-23-21-19-17-14-11-8-5-2/h8,11,16-19,22-24,28,33,35,41,44,50H,4-7,9-10,12-15,20-21,25-27,29-32,34,36-40,42-43,45-49H2,1-3H3/b11-8-,18-16-,19-17-,24-22-,28-23-,35-33-,44-41-. The third-order valence-corrected chi connectivity index (χ3v) is 9.92. The Hall–Kier alpha value is -3.41. The summed E-state index contributed by atoms with van der Waals surface area (Å²) >= 11 is 0. The molecule has 6 nitrogen and oxygen atoms in total. The summed E-state index contributed by atoms with van der Waals surface area (Å²) in [6, 6.07) is 0. The van der Waals surface area contributed by atoms with E-state index in [1.54, 1.807) is 6.08 Å². The molecule has 0 aliphatic rings. The van der Waals surface area contributed by atoms with Crippen molar-refractivity contribution in [2.24, 2.45) is 0 Å². The van der Waals surface area contributed by atoms with Crippen LogP contribution >= 0.6 is 0 Å². The van der Waals surface area contributed by atoms with Crippen LogP contribution in [0.15, 0.2) is 85.1 Å². The Morgan fingerprint density at radius 2 is 0.712 bits per heavy atom. The lowest BCUT2D eigenvalue weighted by Gasteiger charge is -2.18. The first-order valence-corrected chi connectivity index (χ1v) is 24.1. The molecule has 0 aliphatic carbocycles. The SMILES string of the molecule is CC/C=C\C/C=C\C/C=C\C/C=C\C/C=C\CC(=O)OC(COC(=O)CCCCCCCCC)COC(=O)CCCCCCCCCCC/C=C\C/C=C\CCCCC. The molecular weight excluding hydrogens is 733 g/mol. The van der Waals surface area contributed by atoms with Gasteiger partial charge >= 0.3 is 17.9 Å². The van der Waals surface area contributed by atoms with Crippen LogP contribution < -0.4 is 0 Å². The van der Waals surface area contributed by atoms with Gasteiger partial charge in [0.25, 0.3) is 0 Å². The Kier molecular flexibility index (Phi) is 44.5. The van der Waals surface area contributed by atoms with E-state index in [1.807, 2.05) is 6.08 Å². The van der Waals surface area contributed by atoms with Crippen LogP contribution in [0.25, 0.3) is 0 Å². The van der Waals surface area contributed by atoms with Crippen molar-refractivity contribution in [3.63, 3.8) is 0 Å². The van der Waals surface area contributed by atoms with Gasteiger partial charge in [0.2, 0.25) is 0 Å². The molecule has 0 rings (SSSR count). The van der Waals surface area contributed by atoms with E-state index in [2.05, 4.69) is 93.7 Å². The highest BCUT2D eigenvalue weighted by atomic mass is 16.6. The monoisotopic (exact) mass is 821 g/mol. The number of allylic oxidation sites excluding steroid dienone is 13. The van der Waals surface area contributed by atoms with Crippen LogP contribution in [0, 0.1) is 0 Å². The third kappa shape index (κ3) is 45.5. The van der Waals surface area contributed by atoms with Gasteiger partial charge in [-0.25, -0.2) is 0 Å². The van der Waals surface area contributed by atoms with Gasteiger partial charge in [-0.1, -0.05) is 202 Å². The van der Waals surface area contributed by atoms with E-state index in [4.69, 9.17) is 14.2 Å². The second-order valence-electron chi connectivity index (χ2n) is 15.7. The van der Waals surface area contributed by atoms with Gasteiger partial charge in [-0.3, -0.25) is 14.4 Å². The predicted octanol–water partition coefficient (Wildman–Crippen LogP) is 15.6. The molecule has 1 atom stereocenters. The molecule has 0 aromatic heterocycles. The van der Waals surface area contributed by atoms with Crippen LogP contribution in [-0.4, -0.2) is 37.2 Å². The molecule has 0 heterocycles. The number of carbonyl (C=O) groups is 3. The molecule has 0 amide bonds. The number of hydrogen-bond donors (Lipinski definition) is 0. The van der Waals surface area contributed by atoms with Crippen molar-refractivity contribution in [2.75, 3.05) is 13.2 Å². The number of unbranched alkanes of at least 4 members (excludes halogenated alkanes) is 18. The predicted molar refractivity (Wildman–Crippen MR) is 251 cm³/mol. The summed E-state index contributed by atoms with van der Waals surface area (Å²) < 4.78 is 16.6. The lowest BCUT2D eigenvalue weighted by molar-refractivity contribution is -0.166. The fourth-order valence-corrected chi connectivity index (χ4v) is 6.31. The van der Waals surface area contributed by atoms with Crippen LogP contribution in [0.5, 0.6) is 0 Å². The number of carbonyl (C=O) groups excluding carboxylic acids is 3. The van der Waals surface area contributed by atoms with E-state index in [9.17, 15) is 14.4 Å². The fourth-order valence-electron chi connectivity index (χ4n) is 6.31. The fraction of sp³-hybridized carbons (Fsp3) is 0.679. The van der Waals surface area contributed by atoms with Crippen LogP contribution in [-0.2, 0) is 28.6 Å². The average Bonchev–Trinajstić information content (AvgIpc) is 3.23. The maximum Gasteiger partial charge on any atom is 0.310 e. The first kappa shape index (κ1) is 55.6. The molecule has 6 heteroatoms. The van der Waals surface area contributed by atoms with Crippen molar-refractivity contribution in [1.29, 1.82) is 0 Å². The molecule has 336 valence electrons. The zero-order chi connectivity index (χ0) is 43.0. The Morgan fingerprint density at radius 3 is 1.15 bits per heavy atom. The summed E-state index contributed by atoms with van der Waals surface area (Å²) in [6.45, 7) is 6.35. The maximum atomic E-state index is 12.7. The summed E-state index contributed by atoms with van der Waals surface area (Å²) in [5.74, 6) is -1.06. The van der Waals surface area contributed by atoms with Gasteiger partial charge in [0.05, 0.1) is 6.42 Å². The molecule has 0 radical (unpaired) electrons. The van der Waals surface area contributed by atoms with Crippen LogP contribution in [0.1, 0.15) is 213 Å². The number of ether oxygens (including phenoxy) is 3. The summed E-state index contributed by atoms with van der Waals surface area (Å²) in [7, 11) is 0. The highest BCUT2D eigenvalue weighted by Crippen LogP contribution is 2.13. The van der Waals surface area contributed by atoms with Crippen molar-refractivity contribution in [2.45, 2.75) is 219 Å². The molecule has 0 saturated carbocycles. The molecule has 0 aromatic carbocycles. The van der Waals surface area contributed by atoms with Crippen molar-refractivity contribution in [1.82, 2.24) is 0 Å². The second-order valence-corrected chi connectivity index (χ2v) is 15.7. The zero-order valence-corrected chi connectivity index (χ0v) is 38.2. The Balaban J connectivity index is 4.39. The van der Waals surface area contributed by atoms with E-state index in [0.717, 1.165) is 77.0 Å². The highest BCUT2D eigenvalue weighted by molar-refractivity contribution is 5.72. The van der Waals surface area contributed by atoms with E-state index >= 15 is 0 Å². The van der Waals surface area contributed by atoms with Gasteiger partial charge in [-0.05, 0) is 77.0 Å². The maximum absolute atomic E-state index is 12.7. The topological polar surface area (TPSA) is 78.9 Å². The number of rotatable bonds is 42. The van der Waals surface area contributed by atoms with Crippen molar-refractivity contribution >= 4 is 17.9 Å². The average molecular weight is 821 g/mol. The molecule has 0 spiro atoms. The van der Waals surface area contributed by atoms with Gasteiger partial charge in [0.1, 0.15) is 13.2 Å². The third-order valence-electron chi connectivity index (χ3n) is 9.92. The zero-order valence-electron chi connectivity index (χ0n) is 38.2. The van der Waals surface area contributed by atoms with Gasteiger partial charge < -0.3 is 14.2 Å². The Labute approximate surface area is 363 Å². The molecule has 59 heavy (non-hydrogen) atoms. The Bertz CT molecular complexity index is 1170. The molecule has 0 saturated heterocycles. The van der Waals surface area contributed by atoms with Crippen molar-refractivity contribution in [3.8, 4) is 0 Å². The largest absolute Gasteiger partial charge is 0.462 e. The molecule has 0 aliphatic heterocycles. The minimum Gasteiger partial charge on any atom is -0.462 e. The lowest BCUT2D eigenvalue weighted by Crippen LogP contribution is -2.30. The van der Waals surface area contributed by atoms with Gasteiger partial charge in [0.15, 0.2) is 6.10 Å². The molecule has 0 N–H and O–H groups in total. The van der Waals surface area contributed by atoms with E-state index in [0.29, 0.717) is 12.8 Å². The van der Waals surface area contributed by atoms with Crippen LogP contribution in [0.3, 0.4) is 0 Å².